The highest BCUT2D eigenvalue weighted by Crippen LogP contribution is 2.27. The highest BCUT2D eigenvalue weighted by Gasteiger charge is 2.09. The Morgan fingerprint density at radius 2 is 1.62 bits per heavy atom. The molecule has 0 spiro atoms. The molecule has 4 nitrogen and oxygen atoms in total. The average Bonchev–Trinajstić information content (AvgIpc) is 2.90. The summed E-state index contributed by atoms with van der Waals surface area (Å²) in [5, 5.41) is 4.60. The molecule has 4 heteroatoms. The van der Waals surface area contributed by atoms with Gasteiger partial charge < -0.3 is 10.6 Å². The van der Waals surface area contributed by atoms with Crippen molar-refractivity contribution in [3.05, 3.63) is 60.8 Å². The molecule has 106 valence electrons. The number of aromatic nitrogens is 2. The first-order valence-corrected chi connectivity index (χ1v) is 6.83. The second-order valence-corrected chi connectivity index (χ2v) is 5.15. The van der Waals surface area contributed by atoms with Crippen molar-refractivity contribution in [3.8, 4) is 16.9 Å². The fraction of sp³-hybridized carbons (Fsp3) is 0.118. The van der Waals surface area contributed by atoms with Crippen molar-refractivity contribution in [3.63, 3.8) is 0 Å². The zero-order valence-electron chi connectivity index (χ0n) is 12.2. The fourth-order valence-corrected chi connectivity index (χ4v) is 2.24. The van der Waals surface area contributed by atoms with Crippen LogP contribution in [0.25, 0.3) is 16.9 Å². The van der Waals surface area contributed by atoms with Gasteiger partial charge in [0.05, 0.1) is 17.6 Å². The van der Waals surface area contributed by atoms with Gasteiger partial charge in [-0.25, -0.2) is 4.68 Å². The van der Waals surface area contributed by atoms with Crippen LogP contribution in [0.3, 0.4) is 0 Å². The molecule has 3 rings (SSSR count). The van der Waals surface area contributed by atoms with Crippen LogP contribution in [0.1, 0.15) is 0 Å². The topological polar surface area (TPSA) is 47.1 Å². The van der Waals surface area contributed by atoms with E-state index in [-0.39, 0.29) is 0 Å². The summed E-state index contributed by atoms with van der Waals surface area (Å²) in [4.78, 5) is 2.07. The monoisotopic (exact) mass is 278 g/mol. The standard InChI is InChI=1S/C17H18N4/c1-20(2)14-10-8-13(9-11-14)17-16(18)12-21(19-17)15-6-4-3-5-7-15/h3-12H,18H2,1-2H3. The maximum Gasteiger partial charge on any atom is 0.116 e. The quantitative estimate of drug-likeness (QED) is 0.800. The van der Waals surface area contributed by atoms with E-state index >= 15 is 0 Å². The number of anilines is 2. The lowest BCUT2D eigenvalue weighted by Gasteiger charge is -2.12. The Kier molecular flexibility index (Phi) is 3.36. The molecule has 0 saturated heterocycles. The van der Waals surface area contributed by atoms with Gasteiger partial charge in [0.15, 0.2) is 0 Å². The van der Waals surface area contributed by atoms with Gasteiger partial charge in [-0.3, -0.25) is 0 Å². The van der Waals surface area contributed by atoms with E-state index < -0.39 is 0 Å². The van der Waals surface area contributed by atoms with Gasteiger partial charge in [-0.05, 0) is 24.3 Å². The first-order valence-electron chi connectivity index (χ1n) is 6.83. The molecule has 1 heterocycles. The molecule has 0 atom stereocenters. The molecule has 21 heavy (non-hydrogen) atoms. The number of para-hydroxylation sites is 1. The van der Waals surface area contributed by atoms with Gasteiger partial charge in [-0.2, -0.15) is 5.10 Å². The van der Waals surface area contributed by atoms with Crippen LogP contribution in [0.2, 0.25) is 0 Å². The van der Waals surface area contributed by atoms with E-state index in [4.69, 9.17) is 5.73 Å². The summed E-state index contributed by atoms with van der Waals surface area (Å²) in [6, 6.07) is 18.2. The lowest BCUT2D eigenvalue weighted by molar-refractivity contribution is 0.884. The van der Waals surface area contributed by atoms with Crippen LogP contribution in [-0.4, -0.2) is 23.9 Å². The van der Waals surface area contributed by atoms with Crippen molar-refractivity contribution < 1.29 is 0 Å². The van der Waals surface area contributed by atoms with Gasteiger partial charge >= 0.3 is 0 Å². The van der Waals surface area contributed by atoms with Crippen LogP contribution in [0.15, 0.2) is 60.8 Å². The van der Waals surface area contributed by atoms with Gasteiger partial charge in [0.25, 0.3) is 0 Å². The normalized spacial score (nSPS) is 10.6. The molecular formula is C17H18N4. The van der Waals surface area contributed by atoms with E-state index in [9.17, 15) is 0 Å². The Morgan fingerprint density at radius 1 is 0.952 bits per heavy atom. The molecule has 0 fully saturated rings. The number of rotatable bonds is 3. The lowest BCUT2D eigenvalue weighted by Crippen LogP contribution is -2.07. The largest absolute Gasteiger partial charge is 0.396 e. The minimum Gasteiger partial charge on any atom is -0.396 e. The van der Waals surface area contributed by atoms with Crippen LogP contribution in [0, 0.1) is 0 Å². The van der Waals surface area contributed by atoms with Gasteiger partial charge in [-0.1, -0.05) is 30.3 Å². The van der Waals surface area contributed by atoms with Gasteiger partial charge in [0.2, 0.25) is 0 Å². The summed E-state index contributed by atoms with van der Waals surface area (Å²) >= 11 is 0. The number of hydrogen-bond donors (Lipinski definition) is 1. The van der Waals surface area contributed by atoms with Gasteiger partial charge in [-0.15, -0.1) is 0 Å². The molecule has 0 aliphatic rings. The maximum atomic E-state index is 6.11. The summed E-state index contributed by atoms with van der Waals surface area (Å²) < 4.78 is 1.81. The van der Waals surface area contributed by atoms with Gasteiger partial charge in [0.1, 0.15) is 5.69 Å². The number of nitrogens with two attached hydrogens (primary N) is 1. The number of nitrogens with zero attached hydrogens (tertiary/aromatic N) is 3. The van der Waals surface area contributed by atoms with Crippen molar-refractivity contribution in [2.45, 2.75) is 0 Å². The van der Waals surface area contributed by atoms with Crippen LogP contribution in [-0.2, 0) is 0 Å². The second-order valence-electron chi connectivity index (χ2n) is 5.15. The summed E-state index contributed by atoms with van der Waals surface area (Å²) in [5.41, 5.74) is 10.8. The average molecular weight is 278 g/mol. The molecule has 0 aliphatic carbocycles. The molecule has 0 amide bonds. The first-order chi connectivity index (χ1) is 10.1. The summed E-state index contributed by atoms with van der Waals surface area (Å²) in [7, 11) is 4.04. The highest BCUT2D eigenvalue weighted by atomic mass is 15.3. The van der Waals surface area contributed by atoms with Crippen LogP contribution < -0.4 is 10.6 Å². The van der Waals surface area contributed by atoms with Crippen LogP contribution in [0.4, 0.5) is 11.4 Å². The third-order valence-electron chi connectivity index (χ3n) is 3.42. The Hall–Kier alpha value is -2.75. The molecule has 0 unspecified atom stereocenters. The summed E-state index contributed by atoms with van der Waals surface area (Å²) in [5.74, 6) is 0. The minimum absolute atomic E-state index is 0.677. The Morgan fingerprint density at radius 3 is 2.24 bits per heavy atom. The van der Waals surface area contributed by atoms with Crippen molar-refractivity contribution in [2.75, 3.05) is 24.7 Å². The third-order valence-corrected chi connectivity index (χ3v) is 3.42. The number of hydrogen-bond acceptors (Lipinski definition) is 3. The van der Waals surface area contributed by atoms with Crippen molar-refractivity contribution in [2.24, 2.45) is 0 Å². The predicted molar refractivity (Wildman–Crippen MR) is 87.7 cm³/mol. The smallest absolute Gasteiger partial charge is 0.116 e. The van der Waals surface area contributed by atoms with E-state index in [0.717, 1.165) is 22.6 Å². The Bertz CT molecular complexity index is 727. The highest BCUT2D eigenvalue weighted by molar-refractivity contribution is 5.73. The Labute approximate surface area is 124 Å². The second kappa shape index (κ2) is 5.32. The van der Waals surface area contributed by atoms with E-state index in [1.54, 1.807) is 0 Å². The zero-order valence-corrected chi connectivity index (χ0v) is 12.2. The van der Waals surface area contributed by atoms with E-state index in [2.05, 4.69) is 22.1 Å². The van der Waals surface area contributed by atoms with Crippen molar-refractivity contribution >= 4 is 11.4 Å². The van der Waals surface area contributed by atoms with Crippen molar-refractivity contribution in [1.82, 2.24) is 9.78 Å². The molecule has 0 bridgehead atoms. The summed E-state index contributed by atoms with van der Waals surface area (Å²) in [6.45, 7) is 0. The van der Waals surface area contributed by atoms with E-state index in [1.165, 1.54) is 0 Å². The van der Waals surface area contributed by atoms with Crippen molar-refractivity contribution in [1.29, 1.82) is 0 Å². The fourth-order valence-electron chi connectivity index (χ4n) is 2.24. The van der Waals surface area contributed by atoms with Gasteiger partial charge in [0, 0.05) is 25.3 Å². The SMILES string of the molecule is CN(C)c1ccc(-c2nn(-c3ccccc3)cc2N)cc1. The maximum absolute atomic E-state index is 6.11. The molecule has 1 aromatic heterocycles. The van der Waals surface area contributed by atoms with E-state index in [1.807, 2.05) is 67.4 Å². The minimum atomic E-state index is 0.677. The molecule has 0 saturated carbocycles. The zero-order chi connectivity index (χ0) is 14.8. The first kappa shape index (κ1) is 13.2. The Balaban J connectivity index is 1.98. The molecule has 2 N–H and O–H groups in total. The number of benzene rings is 2. The molecule has 0 aliphatic heterocycles. The number of nitrogen functional groups attached to an aromatic ring is 1. The predicted octanol–water partition coefficient (Wildman–Crippen LogP) is 3.19. The molecule has 2 aromatic carbocycles. The lowest BCUT2D eigenvalue weighted by atomic mass is 10.1. The summed E-state index contributed by atoms with van der Waals surface area (Å²) in [6.07, 6.45) is 1.85. The molecule has 3 aromatic rings. The van der Waals surface area contributed by atoms with Crippen LogP contribution in [0.5, 0.6) is 0 Å². The van der Waals surface area contributed by atoms with E-state index in [0.29, 0.717) is 5.69 Å². The molecule has 0 radical (unpaired) electrons. The molecular weight excluding hydrogens is 260 g/mol. The third kappa shape index (κ3) is 2.60. The van der Waals surface area contributed by atoms with Crippen LogP contribution >= 0.6 is 0 Å².